The van der Waals surface area contributed by atoms with Gasteiger partial charge in [-0.25, -0.2) is 4.79 Å². The van der Waals surface area contributed by atoms with Crippen LogP contribution in [0.4, 0.5) is 0 Å². The number of carbonyl (C=O) groups excluding carboxylic acids is 3. The zero-order valence-electron chi connectivity index (χ0n) is 16.0. The zero-order chi connectivity index (χ0) is 22.0. The van der Waals surface area contributed by atoms with Crippen molar-refractivity contribution in [2.75, 3.05) is 6.54 Å². The number of aliphatic carboxylic acids is 2. The number of carboxylic acids is 2. The lowest BCUT2D eigenvalue weighted by Gasteiger charge is -2.22. The normalized spacial score (nSPS) is 15.1. The smallest absolute Gasteiger partial charge is 0.326 e. The predicted molar refractivity (Wildman–Crippen MR) is 95.9 cm³/mol. The van der Waals surface area contributed by atoms with Crippen molar-refractivity contribution in [3.63, 3.8) is 0 Å². The highest BCUT2D eigenvalue weighted by atomic mass is 16.4. The van der Waals surface area contributed by atoms with Crippen molar-refractivity contribution >= 4 is 29.7 Å². The first-order valence-corrected chi connectivity index (χ1v) is 8.60. The number of hydrogen-bond donors (Lipinski definition) is 7. The largest absolute Gasteiger partial charge is 0.481 e. The fourth-order valence-corrected chi connectivity index (χ4v) is 2.10. The third-order valence-electron chi connectivity index (χ3n) is 3.60. The average molecular weight is 404 g/mol. The van der Waals surface area contributed by atoms with Crippen molar-refractivity contribution < 1.29 is 39.3 Å². The topological polar surface area (TPSA) is 208 Å². The summed E-state index contributed by atoms with van der Waals surface area (Å²) in [5.41, 5.74) is 5.42. The van der Waals surface area contributed by atoms with Gasteiger partial charge in [0.05, 0.1) is 19.1 Å². The number of aliphatic hydroxyl groups is 1. The number of amides is 3. The van der Waals surface area contributed by atoms with Gasteiger partial charge in [-0.3, -0.25) is 19.2 Å². The summed E-state index contributed by atoms with van der Waals surface area (Å²) in [5, 5.41) is 33.6. The van der Waals surface area contributed by atoms with Gasteiger partial charge in [-0.1, -0.05) is 13.8 Å². The Morgan fingerprint density at radius 2 is 1.50 bits per heavy atom. The summed E-state index contributed by atoms with van der Waals surface area (Å²) in [4.78, 5) is 57.8. The van der Waals surface area contributed by atoms with Gasteiger partial charge in [-0.05, 0) is 19.3 Å². The lowest BCUT2D eigenvalue weighted by Crippen LogP contribution is -2.55. The molecule has 0 rings (SSSR count). The van der Waals surface area contributed by atoms with Crippen LogP contribution in [-0.4, -0.2) is 75.8 Å². The van der Waals surface area contributed by atoms with Crippen LogP contribution >= 0.6 is 0 Å². The first-order valence-electron chi connectivity index (χ1n) is 8.60. The standard InChI is InChI=1S/C16H28N4O8/c1-7(2)4-9(14(25)20-10(16(27)28)5-12(23)24)19-11(22)6-18-15(26)13(17)8(3)21/h7-10,13,21H,4-6,17H2,1-3H3,(H,18,26)(H,19,22)(H,20,25)(H,23,24)(H,27,28). The number of aliphatic hydroxyl groups excluding tert-OH is 1. The van der Waals surface area contributed by atoms with Crippen molar-refractivity contribution in [2.45, 2.75) is 57.8 Å². The maximum Gasteiger partial charge on any atom is 0.326 e. The Morgan fingerprint density at radius 3 is 1.93 bits per heavy atom. The molecule has 0 aromatic carbocycles. The highest BCUT2D eigenvalue weighted by Crippen LogP contribution is 2.06. The number of hydrogen-bond acceptors (Lipinski definition) is 7. The summed E-state index contributed by atoms with van der Waals surface area (Å²) < 4.78 is 0. The third-order valence-corrected chi connectivity index (χ3v) is 3.60. The molecule has 0 aromatic rings. The quantitative estimate of drug-likeness (QED) is 0.181. The Bertz CT molecular complexity index is 593. The van der Waals surface area contributed by atoms with Gasteiger partial charge in [0.15, 0.2) is 0 Å². The number of nitrogens with one attached hydrogen (secondary N) is 3. The van der Waals surface area contributed by atoms with E-state index >= 15 is 0 Å². The molecule has 0 heterocycles. The molecule has 0 fully saturated rings. The molecule has 0 spiro atoms. The van der Waals surface area contributed by atoms with E-state index in [1.54, 1.807) is 13.8 Å². The minimum absolute atomic E-state index is 0.0583. The van der Waals surface area contributed by atoms with E-state index in [1.165, 1.54) is 6.92 Å². The second kappa shape index (κ2) is 11.9. The second-order valence-electron chi connectivity index (χ2n) is 6.73. The van der Waals surface area contributed by atoms with Crippen molar-refractivity contribution in [2.24, 2.45) is 11.7 Å². The van der Waals surface area contributed by atoms with Crippen LogP contribution in [0.25, 0.3) is 0 Å². The Labute approximate surface area is 161 Å². The molecule has 0 aliphatic heterocycles. The number of nitrogens with two attached hydrogens (primary N) is 1. The van der Waals surface area contributed by atoms with E-state index in [0.29, 0.717) is 0 Å². The van der Waals surface area contributed by atoms with E-state index in [-0.39, 0.29) is 12.3 Å². The minimum Gasteiger partial charge on any atom is -0.481 e. The van der Waals surface area contributed by atoms with Crippen LogP contribution in [0.5, 0.6) is 0 Å². The summed E-state index contributed by atoms with van der Waals surface area (Å²) >= 11 is 0. The molecule has 4 atom stereocenters. The Morgan fingerprint density at radius 1 is 0.929 bits per heavy atom. The summed E-state index contributed by atoms with van der Waals surface area (Å²) in [6, 6.07) is -4.01. The van der Waals surface area contributed by atoms with E-state index in [1.807, 2.05) is 0 Å². The zero-order valence-corrected chi connectivity index (χ0v) is 16.0. The molecule has 12 heteroatoms. The molecule has 4 unspecified atom stereocenters. The monoisotopic (exact) mass is 404 g/mol. The SMILES string of the molecule is CC(C)CC(NC(=O)CNC(=O)C(N)C(C)O)C(=O)NC(CC(=O)O)C(=O)O. The van der Waals surface area contributed by atoms with Gasteiger partial charge in [-0.2, -0.15) is 0 Å². The molecule has 0 bridgehead atoms. The molecular weight excluding hydrogens is 376 g/mol. The first-order chi connectivity index (χ1) is 12.8. The van der Waals surface area contributed by atoms with Crippen molar-refractivity contribution in [1.29, 1.82) is 0 Å². The molecule has 3 amide bonds. The van der Waals surface area contributed by atoms with Crippen molar-refractivity contribution in [3.05, 3.63) is 0 Å². The summed E-state index contributed by atoms with van der Waals surface area (Å²) in [5.74, 6) is -5.35. The van der Waals surface area contributed by atoms with E-state index in [2.05, 4.69) is 16.0 Å². The summed E-state index contributed by atoms with van der Waals surface area (Å²) in [6.45, 7) is 4.32. The number of rotatable bonds is 12. The Hall–Kier alpha value is -2.73. The lowest BCUT2D eigenvalue weighted by atomic mass is 10.0. The molecule has 12 nitrogen and oxygen atoms in total. The van der Waals surface area contributed by atoms with Crippen LogP contribution < -0.4 is 21.7 Å². The molecule has 0 aromatic heterocycles. The van der Waals surface area contributed by atoms with Crippen LogP contribution in [0.2, 0.25) is 0 Å². The minimum atomic E-state index is -1.65. The van der Waals surface area contributed by atoms with Crippen LogP contribution in [0.1, 0.15) is 33.6 Å². The van der Waals surface area contributed by atoms with Gasteiger partial charge in [0, 0.05) is 0 Å². The second-order valence-corrected chi connectivity index (χ2v) is 6.73. The molecule has 28 heavy (non-hydrogen) atoms. The van der Waals surface area contributed by atoms with E-state index in [9.17, 15) is 29.1 Å². The fourth-order valence-electron chi connectivity index (χ4n) is 2.10. The first kappa shape index (κ1) is 25.3. The predicted octanol–water partition coefficient (Wildman–Crippen LogP) is -2.61. The number of carboxylic acid groups (broad SMARTS) is 2. The van der Waals surface area contributed by atoms with Gasteiger partial charge in [0.2, 0.25) is 17.7 Å². The molecule has 0 saturated heterocycles. The van der Waals surface area contributed by atoms with Crippen molar-refractivity contribution in [3.8, 4) is 0 Å². The van der Waals surface area contributed by atoms with Gasteiger partial charge >= 0.3 is 11.9 Å². The van der Waals surface area contributed by atoms with Gasteiger partial charge in [0.25, 0.3) is 0 Å². The highest BCUT2D eigenvalue weighted by molar-refractivity contribution is 5.93. The third kappa shape index (κ3) is 9.83. The molecule has 0 saturated carbocycles. The molecule has 0 aliphatic rings. The highest BCUT2D eigenvalue weighted by Gasteiger charge is 2.29. The molecule has 0 aliphatic carbocycles. The fraction of sp³-hybridized carbons (Fsp3) is 0.688. The lowest BCUT2D eigenvalue weighted by molar-refractivity contribution is -0.147. The molecule has 8 N–H and O–H groups in total. The maximum atomic E-state index is 12.3. The Kier molecular flexibility index (Phi) is 10.7. The van der Waals surface area contributed by atoms with E-state index < -0.39 is 66.9 Å². The summed E-state index contributed by atoms with van der Waals surface area (Å²) in [6.07, 6.45) is -1.79. The van der Waals surface area contributed by atoms with Gasteiger partial charge in [-0.15, -0.1) is 0 Å². The van der Waals surface area contributed by atoms with Gasteiger partial charge in [0.1, 0.15) is 18.1 Å². The van der Waals surface area contributed by atoms with E-state index in [4.69, 9.17) is 15.9 Å². The van der Waals surface area contributed by atoms with E-state index in [0.717, 1.165) is 0 Å². The number of carbonyl (C=O) groups is 5. The molecule has 160 valence electrons. The molecular formula is C16H28N4O8. The van der Waals surface area contributed by atoms with Crippen LogP contribution in [0, 0.1) is 5.92 Å². The van der Waals surface area contributed by atoms with Crippen LogP contribution in [0.15, 0.2) is 0 Å². The molecule has 0 radical (unpaired) electrons. The van der Waals surface area contributed by atoms with Crippen molar-refractivity contribution in [1.82, 2.24) is 16.0 Å². The maximum absolute atomic E-state index is 12.3. The van der Waals surface area contributed by atoms with Crippen LogP contribution in [-0.2, 0) is 24.0 Å². The van der Waals surface area contributed by atoms with Crippen LogP contribution in [0.3, 0.4) is 0 Å². The summed E-state index contributed by atoms with van der Waals surface area (Å²) in [7, 11) is 0. The Balaban J connectivity index is 4.94. The average Bonchev–Trinajstić information content (AvgIpc) is 2.56. The van der Waals surface area contributed by atoms with Gasteiger partial charge < -0.3 is 37.0 Å².